The van der Waals surface area contributed by atoms with Gasteiger partial charge in [0, 0.05) is 29.3 Å². The average Bonchev–Trinajstić information content (AvgIpc) is 3.58. The van der Waals surface area contributed by atoms with Crippen LogP contribution in [0.25, 0.3) is 11.3 Å². The van der Waals surface area contributed by atoms with Crippen molar-refractivity contribution in [1.82, 2.24) is 10.2 Å². The van der Waals surface area contributed by atoms with Gasteiger partial charge in [-0.3, -0.25) is 14.5 Å². The molecule has 1 saturated heterocycles. The Labute approximate surface area is 228 Å². The Balaban J connectivity index is 1.43. The predicted octanol–water partition coefficient (Wildman–Crippen LogP) is 4.06. The summed E-state index contributed by atoms with van der Waals surface area (Å²) in [5.41, 5.74) is 6.34. The van der Waals surface area contributed by atoms with E-state index in [1.807, 2.05) is 36.4 Å². The van der Waals surface area contributed by atoms with Gasteiger partial charge in [0.1, 0.15) is 0 Å². The minimum atomic E-state index is -0.469. The van der Waals surface area contributed by atoms with Crippen LogP contribution in [-0.4, -0.2) is 47.6 Å². The van der Waals surface area contributed by atoms with E-state index in [1.165, 1.54) is 18.4 Å². The molecule has 0 bridgehead atoms. The third-order valence-corrected chi connectivity index (χ3v) is 6.88. The summed E-state index contributed by atoms with van der Waals surface area (Å²) in [6.07, 6.45) is 2.54. The number of benzene rings is 3. The molecule has 7 nitrogen and oxygen atoms in total. The number of carbonyl (C=O) groups is 2. The van der Waals surface area contributed by atoms with Crippen LogP contribution in [0.15, 0.2) is 72.8 Å². The van der Waals surface area contributed by atoms with Gasteiger partial charge in [-0.2, -0.15) is 0 Å². The van der Waals surface area contributed by atoms with Crippen LogP contribution in [0.1, 0.15) is 42.0 Å². The number of nitrogens with one attached hydrogen (secondary N) is 3. The van der Waals surface area contributed by atoms with E-state index < -0.39 is 5.91 Å². The number of hydrogen-bond acceptors (Lipinski definition) is 5. The molecule has 1 atom stereocenters. The van der Waals surface area contributed by atoms with Crippen molar-refractivity contribution in [2.45, 2.75) is 32.4 Å². The molecule has 0 aromatic heterocycles. The van der Waals surface area contributed by atoms with Crippen molar-refractivity contribution in [2.75, 3.05) is 30.3 Å². The first-order valence-electron chi connectivity index (χ1n) is 13.3. The predicted molar refractivity (Wildman–Crippen MR) is 154 cm³/mol. The summed E-state index contributed by atoms with van der Waals surface area (Å²) in [5, 5.41) is 18.2. The number of hydrogen-bond donors (Lipinski definition) is 4. The van der Waals surface area contributed by atoms with E-state index in [4.69, 9.17) is 5.11 Å². The van der Waals surface area contributed by atoms with Gasteiger partial charge in [0.25, 0.3) is 11.8 Å². The maximum Gasteiger partial charge on any atom is 0.296 e. The number of aliphatic hydroxyl groups is 1. The number of anilines is 2. The molecule has 1 fully saturated rings. The highest BCUT2D eigenvalue weighted by molar-refractivity contribution is 6.37. The Hall–Kier alpha value is -4.38. The van der Waals surface area contributed by atoms with Crippen molar-refractivity contribution in [2.24, 2.45) is 0 Å². The second-order valence-electron chi connectivity index (χ2n) is 9.94. The number of nitrogens with zero attached hydrogens (tertiary/aromatic N) is 1. The molecule has 3 aromatic carbocycles. The third-order valence-electron chi connectivity index (χ3n) is 6.88. The van der Waals surface area contributed by atoms with Gasteiger partial charge >= 0.3 is 0 Å². The Morgan fingerprint density at radius 2 is 1.79 bits per heavy atom. The Kier molecular flexibility index (Phi) is 8.07. The van der Waals surface area contributed by atoms with E-state index in [1.54, 1.807) is 19.1 Å². The van der Waals surface area contributed by atoms with Gasteiger partial charge in [0.15, 0.2) is 0 Å². The molecule has 0 spiro atoms. The van der Waals surface area contributed by atoms with Crippen molar-refractivity contribution in [1.29, 1.82) is 0 Å². The lowest BCUT2D eigenvalue weighted by Crippen LogP contribution is -2.33. The third kappa shape index (κ3) is 6.37. The van der Waals surface area contributed by atoms with Crippen molar-refractivity contribution >= 4 is 34.5 Å². The lowest BCUT2D eigenvalue weighted by Gasteiger charge is -2.17. The highest BCUT2D eigenvalue weighted by Crippen LogP contribution is 2.38. The van der Waals surface area contributed by atoms with Crippen LogP contribution in [0.2, 0.25) is 0 Å². The van der Waals surface area contributed by atoms with E-state index >= 15 is 0 Å². The minimum Gasteiger partial charge on any atom is -0.394 e. The quantitative estimate of drug-likeness (QED) is 0.279. The van der Waals surface area contributed by atoms with E-state index in [9.17, 15) is 9.59 Å². The Bertz CT molecular complexity index is 1450. The highest BCUT2D eigenvalue weighted by atomic mass is 16.3. The van der Waals surface area contributed by atoms with Crippen molar-refractivity contribution in [3.8, 4) is 11.8 Å². The van der Waals surface area contributed by atoms with Gasteiger partial charge in [-0.25, -0.2) is 0 Å². The number of carbonyl (C=O) groups excluding carboxylic acids is 2. The molecule has 2 heterocycles. The molecule has 2 aliphatic heterocycles. The van der Waals surface area contributed by atoms with Crippen LogP contribution in [0.4, 0.5) is 11.4 Å². The summed E-state index contributed by atoms with van der Waals surface area (Å²) >= 11 is 0. The molecule has 2 aliphatic rings. The number of rotatable bonds is 7. The molecule has 0 radical (unpaired) electrons. The van der Waals surface area contributed by atoms with Gasteiger partial charge < -0.3 is 21.1 Å². The van der Waals surface area contributed by atoms with E-state index in [0.29, 0.717) is 16.8 Å². The van der Waals surface area contributed by atoms with Crippen molar-refractivity contribution in [3.63, 3.8) is 0 Å². The highest BCUT2D eigenvalue weighted by Gasteiger charge is 2.28. The second-order valence-corrected chi connectivity index (χ2v) is 9.94. The van der Waals surface area contributed by atoms with Gasteiger partial charge in [0.05, 0.1) is 29.6 Å². The number of amides is 2. The molecule has 198 valence electrons. The van der Waals surface area contributed by atoms with Gasteiger partial charge in [-0.1, -0.05) is 54.5 Å². The maximum atomic E-state index is 13.3. The number of likely N-dealkylation sites (tertiary alicyclic amines) is 1. The zero-order valence-corrected chi connectivity index (χ0v) is 22.0. The smallest absolute Gasteiger partial charge is 0.296 e. The summed E-state index contributed by atoms with van der Waals surface area (Å²) in [4.78, 5) is 27.7. The van der Waals surface area contributed by atoms with Crippen LogP contribution in [0, 0.1) is 11.8 Å². The van der Waals surface area contributed by atoms with Crippen LogP contribution in [0.5, 0.6) is 0 Å². The largest absolute Gasteiger partial charge is 0.394 e. The zero-order valence-electron chi connectivity index (χ0n) is 22.0. The molecule has 0 unspecified atom stereocenters. The second kappa shape index (κ2) is 12.0. The zero-order chi connectivity index (χ0) is 27.2. The standard InChI is InChI=1S/C32H32N4O3/c1-22(21-37)33-29(38)16-12-23-11-15-27-28(19-23)35-32(39)30(27)31(25-7-3-2-4-8-25)34-26-13-9-24(10-14-26)20-36-17-5-6-18-36/h2-4,7-11,13-15,19,22,34,37H,5-6,17-18,20-21H2,1H3,(H,33,38)(H,35,39)/b31-30-/t22-/m0/s1. The fraction of sp³-hybridized carbons (Fsp3) is 0.250. The molecule has 2 amide bonds. The molecule has 39 heavy (non-hydrogen) atoms. The van der Waals surface area contributed by atoms with Crippen LogP contribution >= 0.6 is 0 Å². The molecular formula is C32H32N4O3. The average molecular weight is 521 g/mol. The molecule has 3 aromatic rings. The SMILES string of the molecule is C[C@@H](CO)NC(=O)C#Cc1ccc2c(c1)NC(=O)/C2=C(\Nc1ccc(CN2CCCC2)cc1)c1ccccc1. The van der Waals surface area contributed by atoms with Gasteiger partial charge in [0.2, 0.25) is 0 Å². The molecule has 4 N–H and O–H groups in total. The monoisotopic (exact) mass is 520 g/mol. The Morgan fingerprint density at radius 1 is 1.05 bits per heavy atom. The molecule has 5 rings (SSSR count). The fourth-order valence-corrected chi connectivity index (χ4v) is 4.85. The summed E-state index contributed by atoms with van der Waals surface area (Å²) in [7, 11) is 0. The summed E-state index contributed by atoms with van der Waals surface area (Å²) < 4.78 is 0. The van der Waals surface area contributed by atoms with Crippen LogP contribution < -0.4 is 16.0 Å². The Morgan fingerprint density at radius 3 is 2.51 bits per heavy atom. The minimum absolute atomic E-state index is 0.159. The summed E-state index contributed by atoms with van der Waals surface area (Å²) in [5.74, 6) is 4.69. The molecule has 0 saturated carbocycles. The first-order valence-corrected chi connectivity index (χ1v) is 13.3. The summed E-state index contributed by atoms with van der Waals surface area (Å²) in [6.45, 7) is 4.80. The molecule has 7 heteroatoms. The normalized spacial score (nSPS) is 16.5. The first-order chi connectivity index (χ1) is 19.0. The van der Waals surface area contributed by atoms with E-state index in [-0.39, 0.29) is 18.6 Å². The molecular weight excluding hydrogens is 488 g/mol. The van der Waals surface area contributed by atoms with Crippen molar-refractivity contribution < 1.29 is 14.7 Å². The van der Waals surface area contributed by atoms with E-state index in [0.717, 1.165) is 42.1 Å². The maximum absolute atomic E-state index is 13.3. The summed E-state index contributed by atoms with van der Waals surface area (Å²) in [6, 6.07) is 23.3. The number of aliphatic hydroxyl groups excluding tert-OH is 1. The van der Waals surface area contributed by atoms with Gasteiger partial charge in [-0.15, -0.1) is 0 Å². The fourth-order valence-electron chi connectivity index (χ4n) is 4.85. The first kappa shape index (κ1) is 26.2. The van der Waals surface area contributed by atoms with Gasteiger partial charge in [-0.05, 0) is 68.2 Å². The molecule has 0 aliphatic carbocycles. The lowest BCUT2D eigenvalue weighted by molar-refractivity contribution is -0.116. The van der Waals surface area contributed by atoms with Crippen LogP contribution in [-0.2, 0) is 16.1 Å². The van der Waals surface area contributed by atoms with Crippen molar-refractivity contribution in [3.05, 3.63) is 95.1 Å². The van der Waals surface area contributed by atoms with E-state index in [2.05, 4.69) is 57.0 Å². The van der Waals surface area contributed by atoms with Crippen LogP contribution in [0.3, 0.4) is 0 Å². The lowest BCUT2D eigenvalue weighted by atomic mass is 9.99. The topological polar surface area (TPSA) is 93.7 Å². The number of fused-ring (bicyclic) bond motifs is 1.